The molecule has 1 aliphatic carbocycles. The van der Waals surface area contributed by atoms with Gasteiger partial charge < -0.3 is 5.11 Å². The maximum atomic E-state index is 9.84. The van der Waals surface area contributed by atoms with Crippen LogP contribution in [0.2, 0.25) is 0 Å². The number of rotatable bonds is 3. The van der Waals surface area contributed by atoms with Gasteiger partial charge in [-0.15, -0.1) is 0 Å². The van der Waals surface area contributed by atoms with E-state index in [0.717, 1.165) is 25.7 Å². The Morgan fingerprint density at radius 1 is 1.33 bits per heavy atom. The first-order valence-corrected chi connectivity index (χ1v) is 6.16. The lowest BCUT2D eigenvalue weighted by atomic mass is 9.95. The van der Waals surface area contributed by atoms with Crippen molar-refractivity contribution in [1.82, 2.24) is 0 Å². The van der Waals surface area contributed by atoms with Crippen LogP contribution in [0.4, 0.5) is 0 Å². The van der Waals surface area contributed by atoms with Crippen molar-refractivity contribution in [3.63, 3.8) is 0 Å². The second kappa shape index (κ2) is 6.69. The van der Waals surface area contributed by atoms with E-state index in [1.54, 1.807) is 0 Å². The van der Waals surface area contributed by atoms with Crippen molar-refractivity contribution in [2.45, 2.75) is 58.5 Å². The maximum Gasteiger partial charge on any atom is 0.117 e. The molecule has 0 aromatic rings. The Morgan fingerprint density at radius 3 is 2.60 bits per heavy atom. The summed E-state index contributed by atoms with van der Waals surface area (Å²) >= 11 is 0. The molecule has 1 nitrogen and oxygen atoms in total. The van der Waals surface area contributed by atoms with Crippen LogP contribution in [0.15, 0.2) is 11.6 Å². The van der Waals surface area contributed by atoms with Crippen molar-refractivity contribution in [3.05, 3.63) is 11.6 Å². The lowest BCUT2D eigenvalue weighted by molar-refractivity contribution is 0.155. The molecule has 0 aromatic carbocycles. The van der Waals surface area contributed by atoms with E-state index in [4.69, 9.17) is 0 Å². The van der Waals surface area contributed by atoms with E-state index in [-0.39, 0.29) is 0 Å². The van der Waals surface area contributed by atoms with Gasteiger partial charge in [-0.2, -0.15) is 0 Å². The van der Waals surface area contributed by atoms with Gasteiger partial charge in [0.15, 0.2) is 0 Å². The van der Waals surface area contributed by atoms with Crippen LogP contribution in [0.25, 0.3) is 0 Å². The van der Waals surface area contributed by atoms with Crippen molar-refractivity contribution in [2.24, 2.45) is 5.92 Å². The van der Waals surface area contributed by atoms with Gasteiger partial charge in [0, 0.05) is 0 Å². The molecule has 15 heavy (non-hydrogen) atoms. The van der Waals surface area contributed by atoms with Crippen LogP contribution in [0.3, 0.4) is 0 Å². The van der Waals surface area contributed by atoms with E-state index in [1.165, 1.54) is 18.4 Å². The minimum absolute atomic E-state index is 0.335. The van der Waals surface area contributed by atoms with E-state index in [0.29, 0.717) is 5.92 Å². The fraction of sp³-hybridized carbons (Fsp3) is 0.714. The molecule has 1 N–H and O–H groups in total. The predicted molar refractivity (Wildman–Crippen MR) is 64.4 cm³/mol. The summed E-state index contributed by atoms with van der Waals surface area (Å²) in [5, 5.41) is 9.84. The third-order valence-electron chi connectivity index (χ3n) is 3.17. The molecule has 0 fully saturated rings. The van der Waals surface area contributed by atoms with Gasteiger partial charge in [-0.25, -0.2) is 0 Å². The quantitative estimate of drug-likeness (QED) is 0.703. The minimum atomic E-state index is -0.442. The van der Waals surface area contributed by atoms with Gasteiger partial charge in [0.2, 0.25) is 0 Å². The number of aliphatic hydroxyl groups excluding tert-OH is 1. The second-order valence-corrected chi connectivity index (χ2v) is 4.27. The largest absolute Gasteiger partial charge is 0.380 e. The third-order valence-corrected chi connectivity index (χ3v) is 3.17. The summed E-state index contributed by atoms with van der Waals surface area (Å²) in [7, 11) is 0. The van der Waals surface area contributed by atoms with Gasteiger partial charge in [0.1, 0.15) is 6.10 Å². The summed E-state index contributed by atoms with van der Waals surface area (Å²) in [5.74, 6) is 6.46. The third kappa shape index (κ3) is 4.10. The lowest BCUT2D eigenvalue weighted by Gasteiger charge is -2.14. The molecule has 0 heterocycles. The minimum Gasteiger partial charge on any atom is -0.380 e. The zero-order valence-corrected chi connectivity index (χ0v) is 9.92. The molecule has 0 bridgehead atoms. The Kier molecular flexibility index (Phi) is 5.50. The molecule has 84 valence electrons. The molecule has 0 radical (unpaired) electrons. The van der Waals surface area contributed by atoms with Gasteiger partial charge in [0.25, 0.3) is 0 Å². The summed E-state index contributed by atoms with van der Waals surface area (Å²) in [5.41, 5.74) is 1.23. The standard InChI is InChI=1S/C14H22O/c1-3-13(4-2)14(15)11-10-12-8-6-5-7-9-12/h8,13-15H,3-7,9H2,1-2H3. The number of allylic oxidation sites excluding steroid dienone is 2. The molecule has 0 aromatic heterocycles. The molecular formula is C14H22O. The van der Waals surface area contributed by atoms with Gasteiger partial charge in [-0.1, -0.05) is 31.8 Å². The molecule has 0 amide bonds. The molecule has 1 atom stereocenters. The Labute approximate surface area is 93.6 Å². The molecule has 0 aliphatic heterocycles. The zero-order chi connectivity index (χ0) is 11.1. The van der Waals surface area contributed by atoms with Crippen LogP contribution in [-0.2, 0) is 0 Å². The molecule has 1 aliphatic rings. The van der Waals surface area contributed by atoms with Crippen molar-refractivity contribution in [2.75, 3.05) is 0 Å². The van der Waals surface area contributed by atoms with E-state index in [1.807, 2.05) is 0 Å². The summed E-state index contributed by atoms with van der Waals surface area (Å²) < 4.78 is 0. The molecule has 1 rings (SSSR count). The normalized spacial score (nSPS) is 18.0. The van der Waals surface area contributed by atoms with Crippen LogP contribution in [0.1, 0.15) is 52.4 Å². The van der Waals surface area contributed by atoms with Gasteiger partial charge in [0.05, 0.1) is 0 Å². The van der Waals surface area contributed by atoms with Crippen LogP contribution in [0, 0.1) is 17.8 Å². The SMILES string of the molecule is CCC(CC)C(O)C#CC1=CCCCC1. The Morgan fingerprint density at radius 2 is 2.07 bits per heavy atom. The first kappa shape index (κ1) is 12.3. The molecule has 0 saturated carbocycles. The van der Waals surface area contributed by atoms with Crippen LogP contribution < -0.4 is 0 Å². The lowest BCUT2D eigenvalue weighted by Crippen LogP contribution is -2.16. The average Bonchev–Trinajstić information content (AvgIpc) is 2.29. The summed E-state index contributed by atoms with van der Waals surface area (Å²) in [4.78, 5) is 0. The maximum absolute atomic E-state index is 9.84. The number of aliphatic hydroxyl groups is 1. The first-order chi connectivity index (χ1) is 7.27. The van der Waals surface area contributed by atoms with E-state index in [2.05, 4.69) is 31.8 Å². The Hall–Kier alpha value is -0.740. The number of hydrogen-bond donors (Lipinski definition) is 1. The fourth-order valence-electron chi connectivity index (χ4n) is 1.97. The van der Waals surface area contributed by atoms with Crippen molar-refractivity contribution < 1.29 is 5.11 Å². The molecular weight excluding hydrogens is 184 g/mol. The Balaban J connectivity index is 2.51. The predicted octanol–water partition coefficient (Wildman–Crippen LogP) is 3.29. The van der Waals surface area contributed by atoms with Crippen LogP contribution in [-0.4, -0.2) is 11.2 Å². The van der Waals surface area contributed by atoms with Crippen molar-refractivity contribution in [3.8, 4) is 11.8 Å². The topological polar surface area (TPSA) is 20.2 Å². The van der Waals surface area contributed by atoms with Crippen LogP contribution >= 0.6 is 0 Å². The van der Waals surface area contributed by atoms with Gasteiger partial charge in [-0.3, -0.25) is 0 Å². The van der Waals surface area contributed by atoms with Gasteiger partial charge >= 0.3 is 0 Å². The highest BCUT2D eigenvalue weighted by Gasteiger charge is 2.12. The monoisotopic (exact) mass is 206 g/mol. The zero-order valence-electron chi connectivity index (χ0n) is 9.92. The molecule has 1 unspecified atom stereocenters. The van der Waals surface area contributed by atoms with E-state index < -0.39 is 6.10 Å². The van der Waals surface area contributed by atoms with Crippen molar-refractivity contribution >= 4 is 0 Å². The second-order valence-electron chi connectivity index (χ2n) is 4.27. The molecule has 1 heteroatoms. The smallest absolute Gasteiger partial charge is 0.117 e. The highest BCUT2D eigenvalue weighted by atomic mass is 16.3. The highest BCUT2D eigenvalue weighted by Crippen LogP contribution is 2.17. The van der Waals surface area contributed by atoms with Crippen LogP contribution in [0.5, 0.6) is 0 Å². The number of hydrogen-bond acceptors (Lipinski definition) is 1. The Bertz CT molecular complexity index is 263. The van der Waals surface area contributed by atoms with E-state index >= 15 is 0 Å². The van der Waals surface area contributed by atoms with Gasteiger partial charge in [-0.05, 0) is 50.0 Å². The summed E-state index contributed by atoms with van der Waals surface area (Å²) in [6, 6.07) is 0. The first-order valence-electron chi connectivity index (χ1n) is 6.16. The van der Waals surface area contributed by atoms with E-state index in [9.17, 15) is 5.11 Å². The fourth-order valence-corrected chi connectivity index (χ4v) is 1.97. The van der Waals surface area contributed by atoms with Crippen molar-refractivity contribution in [1.29, 1.82) is 0 Å². The summed E-state index contributed by atoms with van der Waals surface area (Å²) in [6.45, 7) is 4.22. The summed E-state index contributed by atoms with van der Waals surface area (Å²) in [6.07, 6.45) is 8.59. The molecule has 0 saturated heterocycles. The highest BCUT2D eigenvalue weighted by molar-refractivity contribution is 5.30. The average molecular weight is 206 g/mol. The molecule has 0 spiro atoms.